The molecule has 0 bridgehead atoms. The average molecular weight is 441 g/mol. The van der Waals surface area contributed by atoms with Crippen molar-refractivity contribution in [2.75, 3.05) is 13.6 Å². The van der Waals surface area contributed by atoms with Gasteiger partial charge in [-0.3, -0.25) is 10.0 Å². The molecule has 0 aromatic heterocycles. The molecule has 6 nitrogen and oxygen atoms in total. The maximum absolute atomic E-state index is 11.2. The summed E-state index contributed by atoms with van der Waals surface area (Å²) in [5.41, 5.74) is 1.07. The molecule has 3 aromatic carbocycles. The molecule has 0 saturated carbocycles. The summed E-state index contributed by atoms with van der Waals surface area (Å²) < 4.78 is 11.7. The van der Waals surface area contributed by atoms with Crippen LogP contribution in [0, 0.1) is 0 Å². The van der Waals surface area contributed by atoms with Crippen molar-refractivity contribution in [1.29, 1.82) is 0 Å². The summed E-state index contributed by atoms with van der Waals surface area (Å²) in [6.07, 6.45) is 0.665. The zero-order valence-electron chi connectivity index (χ0n) is 17.4. The quantitative estimate of drug-likeness (QED) is 0.349. The van der Waals surface area contributed by atoms with Crippen molar-refractivity contribution in [3.8, 4) is 23.0 Å². The Morgan fingerprint density at radius 1 is 0.903 bits per heavy atom. The van der Waals surface area contributed by atoms with E-state index in [9.17, 15) is 10.0 Å². The van der Waals surface area contributed by atoms with Gasteiger partial charge in [0, 0.05) is 18.0 Å². The topological polar surface area (TPSA) is 71.0 Å². The lowest BCUT2D eigenvalue weighted by atomic mass is 10.1. The molecule has 0 heterocycles. The largest absolute Gasteiger partial charge is 0.457 e. The molecule has 162 valence electrons. The van der Waals surface area contributed by atoms with Crippen LogP contribution in [0.4, 0.5) is 0 Å². The summed E-state index contributed by atoms with van der Waals surface area (Å²) in [5.74, 6) is 2.44. The first kappa shape index (κ1) is 22.6. The number of hydrogen-bond acceptors (Lipinski definition) is 5. The smallest absolute Gasteiger partial charge is 0.242 e. The number of rotatable bonds is 9. The normalized spacial score (nSPS) is 11.6. The predicted molar refractivity (Wildman–Crippen MR) is 120 cm³/mol. The van der Waals surface area contributed by atoms with E-state index in [1.807, 2.05) is 60.7 Å². The molecule has 3 rings (SSSR count). The van der Waals surface area contributed by atoms with E-state index >= 15 is 0 Å². The Morgan fingerprint density at radius 2 is 1.32 bits per heavy atom. The summed E-state index contributed by atoms with van der Waals surface area (Å²) in [7, 11) is 1.80. The van der Waals surface area contributed by atoms with Gasteiger partial charge >= 0.3 is 0 Å². The molecule has 0 aliphatic rings. The van der Waals surface area contributed by atoms with Gasteiger partial charge in [0.1, 0.15) is 23.0 Å². The second-order valence-corrected chi connectivity index (χ2v) is 7.50. The number of ether oxygens (including phenoxy) is 2. The number of hydroxylamine groups is 2. The molecule has 7 heteroatoms. The second kappa shape index (κ2) is 10.8. The number of nitrogens with one attached hydrogen (secondary N) is 1. The number of hydrogen-bond donors (Lipinski definition) is 2. The molecule has 0 aliphatic carbocycles. The first-order valence-corrected chi connectivity index (χ1v) is 10.3. The Kier molecular flexibility index (Phi) is 7.89. The Morgan fingerprint density at radius 3 is 1.74 bits per heavy atom. The zero-order chi connectivity index (χ0) is 22.2. The van der Waals surface area contributed by atoms with E-state index < -0.39 is 0 Å². The number of likely N-dealkylation sites (N-methyl/N-ethyl adjacent to an activating group) is 1. The van der Waals surface area contributed by atoms with Crippen molar-refractivity contribution in [3.63, 3.8) is 0 Å². The van der Waals surface area contributed by atoms with E-state index in [4.69, 9.17) is 21.1 Å². The molecule has 0 radical (unpaired) electrons. The Balaban J connectivity index is 1.55. The van der Waals surface area contributed by atoms with Crippen LogP contribution < -0.4 is 14.8 Å². The molecule has 0 spiro atoms. The van der Waals surface area contributed by atoms with Gasteiger partial charge in [-0.2, -0.15) is 0 Å². The minimum Gasteiger partial charge on any atom is -0.457 e. The highest BCUT2D eigenvalue weighted by atomic mass is 35.5. The molecule has 1 atom stereocenters. The Hall–Kier alpha value is -3.06. The summed E-state index contributed by atoms with van der Waals surface area (Å²) in [4.78, 5) is 11.2. The fraction of sp³-hybridized carbons (Fsp3) is 0.208. The highest BCUT2D eigenvalue weighted by molar-refractivity contribution is 6.30. The van der Waals surface area contributed by atoms with Crippen molar-refractivity contribution in [1.82, 2.24) is 10.4 Å². The van der Waals surface area contributed by atoms with Gasteiger partial charge in [0.25, 0.3) is 0 Å². The van der Waals surface area contributed by atoms with Crippen LogP contribution in [0.2, 0.25) is 5.02 Å². The molecular weight excluding hydrogens is 416 g/mol. The van der Waals surface area contributed by atoms with Crippen LogP contribution in [-0.4, -0.2) is 35.8 Å². The first-order chi connectivity index (χ1) is 14.9. The monoisotopic (exact) mass is 440 g/mol. The van der Waals surface area contributed by atoms with Gasteiger partial charge in [-0.15, -0.1) is 0 Å². The number of carbonyl (C=O) groups excluding carboxylic acids is 1. The third-order valence-electron chi connectivity index (χ3n) is 4.68. The molecule has 2 N–H and O–H groups in total. The van der Waals surface area contributed by atoms with Crippen molar-refractivity contribution >= 4 is 17.5 Å². The molecule has 0 saturated heterocycles. The summed E-state index contributed by atoms with van der Waals surface area (Å²) >= 11 is 5.89. The number of nitrogens with zero attached hydrogens (tertiary/aromatic N) is 1. The van der Waals surface area contributed by atoms with Crippen molar-refractivity contribution in [2.45, 2.75) is 19.4 Å². The fourth-order valence-electron chi connectivity index (χ4n) is 2.92. The minimum atomic E-state index is -0.381. The summed E-state index contributed by atoms with van der Waals surface area (Å²) in [5, 5.41) is 14.1. The number of amides is 1. The Bertz CT molecular complexity index is 976. The maximum atomic E-state index is 11.2. The van der Waals surface area contributed by atoms with Crippen molar-refractivity contribution in [3.05, 3.63) is 83.4 Å². The van der Waals surface area contributed by atoms with E-state index in [1.54, 1.807) is 19.2 Å². The van der Waals surface area contributed by atoms with Gasteiger partial charge in [-0.25, -0.2) is 5.06 Å². The van der Waals surface area contributed by atoms with E-state index in [0.717, 1.165) is 10.6 Å². The molecule has 3 aromatic rings. The molecule has 0 aliphatic heterocycles. The first-order valence-electron chi connectivity index (χ1n) is 9.87. The van der Waals surface area contributed by atoms with Gasteiger partial charge in [0.2, 0.25) is 5.91 Å². The number of halogens is 1. The van der Waals surface area contributed by atoms with Gasteiger partial charge < -0.3 is 14.8 Å². The molecule has 1 amide bonds. The predicted octanol–water partition coefficient (Wildman–Crippen LogP) is 5.29. The summed E-state index contributed by atoms with van der Waals surface area (Å²) in [6.45, 7) is 1.55. The van der Waals surface area contributed by atoms with Crippen molar-refractivity contribution < 1.29 is 19.5 Å². The lowest BCUT2D eigenvalue weighted by Crippen LogP contribution is -2.41. The molecule has 0 unspecified atom stereocenters. The van der Waals surface area contributed by atoms with Crippen LogP contribution in [-0.2, 0) is 11.2 Å². The SMILES string of the molecule is CN[C@@H](Cc1ccc(Oc2ccc(Oc3ccc(Cl)cc3)cc2)cc1)CN(O)C(C)=O. The van der Waals surface area contributed by atoms with Crippen LogP contribution in [0.5, 0.6) is 23.0 Å². The maximum Gasteiger partial charge on any atom is 0.242 e. The van der Waals surface area contributed by atoms with E-state index in [2.05, 4.69) is 5.32 Å². The number of benzene rings is 3. The van der Waals surface area contributed by atoms with E-state index in [1.165, 1.54) is 6.92 Å². The van der Waals surface area contributed by atoms with Crippen LogP contribution in [0.25, 0.3) is 0 Å². The third-order valence-corrected chi connectivity index (χ3v) is 4.93. The van der Waals surface area contributed by atoms with Crippen LogP contribution >= 0.6 is 11.6 Å². The van der Waals surface area contributed by atoms with Gasteiger partial charge in [0.05, 0.1) is 6.54 Å². The summed E-state index contributed by atoms with van der Waals surface area (Å²) in [6, 6.07) is 22.2. The van der Waals surface area contributed by atoms with Crippen LogP contribution in [0.3, 0.4) is 0 Å². The number of carbonyl (C=O) groups is 1. The highest BCUT2D eigenvalue weighted by Crippen LogP contribution is 2.27. The zero-order valence-corrected chi connectivity index (χ0v) is 18.2. The lowest BCUT2D eigenvalue weighted by molar-refractivity contribution is -0.163. The van der Waals surface area contributed by atoms with E-state index in [0.29, 0.717) is 34.4 Å². The second-order valence-electron chi connectivity index (χ2n) is 7.06. The lowest BCUT2D eigenvalue weighted by Gasteiger charge is -2.21. The average Bonchev–Trinajstić information content (AvgIpc) is 2.77. The minimum absolute atomic E-state index is 0.0612. The standard InChI is InChI=1S/C24H25ClN2O4/c1-17(28)27(29)16-20(26-2)15-18-3-7-21(8-4-18)30-23-11-13-24(14-12-23)31-22-9-5-19(25)6-10-22/h3-14,20,26,29H,15-16H2,1-2H3/t20-/m0/s1. The molecular formula is C24H25ClN2O4. The third kappa shape index (κ3) is 7.00. The highest BCUT2D eigenvalue weighted by Gasteiger charge is 2.14. The molecule has 31 heavy (non-hydrogen) atoms. The van der Waals surface area contributed by atoms with Crippen molar-refractivity contribution in [2.24, 2.45) is 0 Å². The van der Waals surface area contributed by atoms with Gasteiger partial charge in [-0.1, -0.05) is 23.7 Å². The van der Waals surface area contributed by atoms with E-state index in [-0.39, 0.29) is 18.5 Å². The van der Waals surface area contributed by atoms with Gasteiger partial charge in [-0.05, 0) is 79.7 Å². The Labute approximate surface area is 186 Å². The van der Waals surface area contributed by atoms with Crippen LogP contribution in [0.1, 0.15) is 12.5 Å². The van der Waals surface area contributed by atoms with Gasteiger partial charge in [0.15, 0.2) is 0 Å². The molecule has 0 fully saturated rings. The fourth-order valence-corrected chi connectivity index (χ4v) is 3.05. The van der Waals surface area contributed by atoms with Crippen LogP contribution in [0.15, 0.2) is 72.8 Å².